The number of fused-ring (bicyclic) bond motifs is 1. The molecule has 1 heterocycles. The molecule has 3 rings (SSSR count). The summed E-state index contributed by atoms with van der Waals surface area (Å²) in [6.07, 6.45) is 9.21. The van der Waals surface area contributed by atoms with Crippen LogP contribution in [0.1, 0.15) is 36.0 Å². The predicted octanol–water partition coefficient (Wildman–Crippen LogP) is 2.55. The van der Waals surface area contributed by atoms with Crippen LogP contribution in [-0.4, -0.2) is 16.9 Å². The van der Waals surface area contributed by atoms with Crippen LogP contribution in [0.2, 0.25) is 0 Å². The molecule has 4 heteroatoms. The van der Waals surface area contributed by atoms with E-state index < -0.39 is 0 Å². The van der Waals surface area contributed by atoms with Crippen molar-refractivity contribution in [2.75, 3.05) is 7.11 Å². The first-order valence-corrected chi connectivity index (χ1v) is 7.54. The zero-order chi connectivity index (χ0) is 14.9. The molecule has 0 amide bonds. The highest BCUT2D eigenvalue weighted by Crippen LogP contribution is 2.38. The van der Waals surface area contributed by atoms with Crippen molar-refractivity contribution in [2.45, 2.75) is 37.6 Å². The number of rotatable bonds is 4. The van der Waals surface area contributed by atoms with E-state index in [1.807, 2.05) is 24.0 Å². The summed E-state index contributed by atoms with van der Waals surface area (Å²) in [6, 6.07) is 6.32. The second kappa shape index (κ2) is 5.53. The number of hydrogen-bond donors (Lipinski definition) is 1. The molecule has 0 bridgehead atoms. The number of benzene rings is 1. The molecule has 21 heavy (non-hydrogen) atoms. The lowest BCUT2D eigenvalue weighted by Gasteiger charge is -2.36. The van der Waals surface area contributed by atoms with E-state index in [0.29, 0.717) is 0 Å². The summed E-state index contributed by atoms with van der Waals surface area (Å²) in [7, 11) is 3.65. The average Bonchev–Trinajstić information content (AvgIpc) is 2.91. The Morgan fingerprint density at radius 2 is 2.29 bits per heavy atom. The van der Waals surface area contributed by atoms with E-state index in [0.717, 1.165) is 37.9 Å². The van der Waals surface area contributed by atoms with Gasteiger partial charge in [0, 0.05) is 18.8 Å². The maximum absolute atomic E-state index is 6.77. The first-order chi connectivity index (χ1) is 10.1. The van der Waals surface area contributed by atoms with Gasteiger partial charge in [0.15, 0.2) is 0 Å². The topological polar surface area (TPSA) is 53.1 Å². The molecular formula is C17H23N3O. The fourth-order valence-electron chi connectivity index (χ4n) is 3.32. The Hall–Kier alpha value is -1.81. The van der Waals surface area contributed by atoms with Gasteiger partial charge in [0.1, 0.15) is 5.75 Å². The number of nitrogens with zero attached hydrogens (tertiary/aromatic N) is 2. The molecule has 112 valence electrons. The van der Waals surface area contributed by atoms with E-state index in [1.54, 1.807) is 7.11 Å². The molecular weight excluding hydrogens is 262 g/mol. The van der Waals surface area contributed by atoms with Crippen molar-refractivity contribution in [3.05, 3.63) is 47.3 Å². The second-order valence-corrected chi connectivity index (χ2v) is 6.06. The van der Waals surface area contributed by atoms with Crippen LogP contribution in [0.15, 0.2) is 30.6 Å². The zero-order valence-electron chi connectivity index (χ0n) is 12.8. The first kappa shape index (κ1) is 14.1. The Morgan fingerprint density at radius 1 is 1.43 bits per heavy atom. The molecule has 0 radical (unpaired) electrons. The van der Waals surface area contributed by atoms with Crippen molar-refractivity contribution in [1.82, 2.24) is 9.78 Å². The van der Waals surface area contributed by atoms with Crippen molar-refractivity contribution in [3.63, 3.8) is 0 Å². The summed E-state index contributed by atoms with van der Waals surface area (Å²) in [6.45, 7) is 0. The molecule has 1 aromatic carbocycles. The fourth-order valence-corrected chi connectivity index (χ4v) is 3.32. The third-order valence-electron chi connectivity index (χ3n) is 4.54. The summed E-state index contributed by atoms with van der Waals surface area (Å²) >= 11 is 0. The van der Waals surface area contributed by atoms with E-state index >= 15 is 0 Å². The maximum Gasteiger partial charge on any atom is 0.119 e. The number of ether oxygens (including phenoxy) is 1. The van der Waals surface area contributed by atoms with Gasteiger partial charge >= 0.3 is 0 Å². The minimum Gasteiger partial charge on any atom is -0.497 e. The van der Waals surface area contributed by atoms with Crippen LogP contribution in [0.4, 0.5) is 0 Å². The number of aryl methyl sites for hydroxylation is 3. The van der Waals surface area contributed by atoms with E-state index in [9.17, 15) is 0 Å². The normalized spacial score (nSPS) is 21.1. The maximum atomic E-state index is 6.77. The molecule has 1 aromatic heterocycles. The Morgan fingerprint density at radius 3 is 3.00 bits per heavy atom. The lowest BCUT2D eigenvalue weighted by molar-refractivity contribution is 0.342. The molecule has 2 aromatic rings. The highest BCUT2D eigenvalue weighted by atomic mass is 16.5. The molecule has 2 N–H and O–H groups in total. The van der Waals surface area contributed by atoms with E-state index in [4.69, 9.17) is 10.5 Å². The number of nitrogens with two attached hydrogens (primary N) is 1. The number of hydrogen-bond acceptors (Lipinski definition) is 3. The monoisotopic (exact) mass is 285 g/mol. The van der Waals surface area contributed by atoms with Gasteiger partial charge in [-0.3, -0.25) is 4.68 Å². The Bertz CT molecular complexity index is 635. The van der Waals surface area contributed by atoms with Crippen molar-refractivity contribution >= 4 is 0 Å². The number of aromatic nitrogens is 2. The molecule has 0 fully saturated rings. The van der Waals surface area contributed by atoms with Gasteiger partial charge in [-0.05, 0) is 60.9 Å². The molecule has 1 aliphatic rings. The third kappa shape index (κ3) is 2.81. The Labute approximate surface area is 125 Å². The summed E-state index contributed by atoms with van der Waals surface area (Å²) in [5.74, 6) is 0.895. The summed E-state index contributed by atoms with van der Waals surface area (Å²) in [5.41, 5.74) is 10.4. The average molecular weight is 285 g/mol. The highest BCUT2D eigenvalue weighted by molar-refractivity contribution is 5.42. The first-order valence-electron chi connectivity index (χ1n) is 7.54. The molecule has 0 saturated heterocycles. The summed E-state index contributed by atoms with van der Waals surface area (Å²) in [5, 5.41) is 4.23. The predicted molar refractivity (Wildman–Crippen MR) is 83.3 cm³/mol. The van der Waals surface area contributed by atoms with Gasteiger partial charge in [-0.25, -0.2) is 0 Å². The van der Waals surface area contributed by atoms with Crippen LogP contribution in [0.3, 0.4) is 0 Å². The van der Waals surface area contributed by atoms with Crippen LogP contribution in [0, 0.1) is 0 Å². The van der Waals surface area contributed by atoms with E-state index in [-0.39, 0.29) is 5.54 Å². The van der Waals surface area contributed by atoms with Gasteiger partial charge in [-0.2, -0.15) is 5.10 Å². The van der Waals surface area contributed by atoms with Gasteiger partial charge in [-0.1, -0.05) is 6.07 Å². The zero-order valence-corrected chi connectivity index (χ0v) is 12.8. The fraction of sp³-hybridized carbons (Fsp3) is 0.471. The Balaban J connectivity index is 1.84. The van der Waals surface area contributed by atoms with Crippen LogP contribution in [0.5, 0.6) is 5.75 Å². The molecule has 4 nitrogen and oxygen atoms in total. The van der Waals surface area contributed by atoms with Crippen molar-refractivity contribution in [1.29, 1.82) is 0 Å². The van der Waals surface area contributed by atoms with Crippen molar-refractivity contribution in [2.24, 2.45) is 12.8 Å². The van der Waals surface area contributed by atoms with Gasteiger partial charge < -0.3 is 10.5 Å². The quantitative estimate of drug-likeness (QED) is 0.939. The van der Waals surface area contributed by atoms with E-state index in [2.05, 4.69) is 23.4 Å². The highest BCUT2D eigenvalue weighted by Gasteiger charge is 2.32. The number of methoxy groups -OCH3 is 1. The Kier molecular flexibility index (Phi) is 3.72. The minimum atomic E-state index is -0.252. The SMILES string of the molecule is COc1ccc2c(c1)C(N)(CCc1cnn(C)c1)CCC2. The molecule has 0 aliphatic heterocycles. The van der Waals surface area contributed by atoms with Crippen molar-refractivity contribution in [3.8, 4) is 5.75 Å². The lowest BCUT2D eigenvalue weighted by atomic mass is 9.74. The molecule has 0 saturated carbocycles. The molecule has 1 aliphatic carbocycles. The van der Waals surface area contributed by atoms with Crippen LogP contribution >= 0.6 is 0 Å². The molecule has 1 atom stereocenters. The van der Waals surface area contributed by atoms with Crippen molar-refractivity contribution < 1.29 is 4.74 Å². The molecule has 0 spiro atoms. The van der Waals surface area contributed by atoms with Crippen LogP contribution in [0.25, 0.3) is 0 Å². The van der Waals surface area contributed by atoms with Gasteiger partial charge in [-0.15, -0.1) is 0 Å². The smallest absolute Gasteiger partial charge is 0.119 e. The lowest BCUT2D eigenvalue weighted by Crippen LogP contribution is -2.40. The van der Waals surface area contributed by atoms with Crippen LogP contribution in [-0.2, 0) is 25.4 Å². The standard InChI is InChI=1S/C17H23N3O/c1-20-12-13(11-19-20)7-9-17(18)8-3-4-14-5-6-15(21-2)10-16(14)17/h5-6,10-12H,3-4,7-9,18H2,1-2H3. The summed E-state index contributed by atoms with van der Waals surface area (Å²) < 4.78 is 7.21. The van der Waals surface area contributed by atoms with Gasteiger partial charge in [0.25, 0.3) is 0 Å². The van der Waals surface area contributed by atoms with Crippen LogP contribution < -0.4 is 10.5 Å². The van der Waals surface area contributed by atoms with Gasteiger partial charge in [0.2, 0.25) is 0 Å². The minimum absolute atomic E-state index is 0.252. The molecule has 1 unspecified atom stereocenters. The largest absolute Gasteiger partial charge is 0.497 e. The second-order valence-electron chi connectivity index (χ2n) is 6.06. The van der Waals surface area contributed by atoms with Gasteiger partial charge in [0.05, 0.1) is 13.3 Å². The third-order valence-corrected chi connectivity index (χ3v) is 4.54. The summed E-state index contributed by atoms with van der Waals surface area (Å²) in [4.78, 5) is 0. The van der Waals surface area contributed by atoms with E-state index in [1.165, 1.54) is 16.7 Å².